The summed E-state index contributed by atoms with van der Waals surface area (Å²) in [5.74, 6) is 0.0288. The van der Waals surface area contributed by atoms with Crippen molar-refractivity contribution in [2.45, 2.75) is 9.79 Å². The Bertz CT molecular complexity index is 1130. The molecule has 1 aromatic heterocycles. The molecular weight excluding hydrogens is 383 g/mol. The monoisotopic (exact) mass is 402 g/mol. The molecule has 2 heterocycles. The van der Waals surface area contributed by atoms with Crippen molar-refractivity contribution >= 4 is 26.4 Å². The number of aromatic nitrogens is 1. The highest BCUT2D eigenvalue weighted by Crippen LogP contribution is 2.37. The first kappa shape index (κ1) is 18.6. The smallest absolute Gasteiger partial charge is 0.210 e. The van der Waals surface area contributed by atoms with E-state index in [1.165, 1.54) is 37.6 Å². The molecule has 0 atom stereocenters. The van der Waals surface area contributed by atoms with E-state index in [0.717, 1.165) is 0 Å². The largest absolute Gasteiger partial charge is 0.497 e. The van der Waals surface area contributed by atoms with Crippen molar-refractivity contribution in [1.82, 2.24) is 4.98 Å². The van der Waals surface area contributed by atoms with Gasteiger partial charge in [0.05, 0.1) is 36.4 Å². The number of nitrogens with zero attached hydrogens (tertiary/aromatic N) is 2. The van der Waals surface area contributed by atoms with Gasteiger partial charge >= 0.3 is 0 Å². The highest BCUT2D eigenvalue weighted by atomic mass is 32.2. The van der Waals surface area contributed by atoms with Gasteiger partial charge in [0.15, 0.2) is 0 Å². The molecule has 146 valence electrons. The highest BCUT2D eigenvalue weighted by Gasteiger charge is 2.28. The summed E-state index contributed by atoms with van der Waals surface area (Å²) < 4.78 is 51.2. The number of rotatable bonds is 4. The van der Waals surface area contributed by atoms with E-state index in [4.69, 9.17) is 9.47 Å². The maximum Gasteiger partial charge on any atom is 0.210 e. The Morgan fingerprint density at radius 1 is 1.14 bits per heavy atom. The second-order valence-corrected chi connectivity index (χ2v) is 8.33. The van der Waals surface area contributed by atoms with Gasteiger partial charge in [0.25, 0.3) is 0 Å². The molecule has 28 heavy (non-hydrogen) atoms. The fourth-order valence-corrected chi connectivity index (χ4v) is 4.81. The molecule has 0 amide bonds. The van der Waals surface area contributed by atoms with Crippen molar-refractivity contribution < 1.29 is 22.3 Å². The molecule has 1 aliphatic rings. The summed E-state index contributed by atoms with van der Waals surface area (Å²) in [6.45, 7) is 2.06. The summed E-state index contributed by atoms with van der Waals surface area (Å²) in [7, 11) is -2.39. The minimum Gasteiger partial charge on any atom is -0.497 e. The van der Waals surface area contributed by atoms with E-state index in [0.29, 0.717) is 48.6 Å². The lowest BCUT2D eigenvalue weighted by Gasteiger charge is -2.31. The standard InChI is InChI=1S/C20H19FN2O4S/c1-26-15-3-2-4-16(12-15)28(24,25)19-13-22-18-11-14(21)5-6-17(18)20(19)23-7-9-27-10-8-23/h2-6,11-13H,7-10H2,1H3. The Labute approximate surface area is 162 Å². The van der Waals surface area contributed by atoms with Crippen LogP contribution in [0.1, 0.15) is 0 Å². The highest BCUT2D eigenvalue weighted by molar-refractivity contribution is 7.91. The molecule has 1 aliphatic heterocycles. The Kier molecular flexibility index (Phi) is 4.91. The number of anilines is 1. The molecule has 0 bridgehead atoms. The van der Waals surface area contributed by atoms with E-state index in [9.17, 15) is 12.8 Å². The van der Waals surface area contributed by atoms with Gasteiger partial charge in [-0.15, -0.1) is 0 Å². The maximum absolute atomic E-state index is 13.7. The Hall–Kier alpha value is -2.71. The molecule has 2 aromatic carbocycles. The molecule has 6 nitrogen and oxygen atoms in total. The number of ether oxygens (including phenoxy) is 2. The van der Waals surface area contributed by atoms with Crippen molar-refractivity contribution in [3.05, 3.63) is 54.5 Å². The van der Waals surface area contributed by atoms with Crippen LogP contribution in [-0.2, 0) is 14.6 Å². The molecule has 0 spiro atoms. The summed E-state index contributed by atoms with van der Waals surface area (Å²) in [6, 6.07) is 10.5. The fraction of sp³-hybridized carbons (Fsp3) is 0.250. The van der Waals surface area contributed by atoms with E-state index in [1.54, 1.807) is 18.2 Å². The predicted octanol–water partition coefficient (Wildman–Crippen LogP) is 3.05. The summed E-state index contributed by atoms with van der Waals surface area (Å²) in [5, 5.41) is 0.590. The van der Waals surface area contributed by atoms with Gasteiger partial charge < -0.3 is 14.4 Å². The van der Waals surface area contributed by atoms with Crippen LogP contribution in [-0.4, -0.2) is 46.8 Å². The lowest BCUT2D eigenvalue weighted by molar-refractivity contribution is 0.122. The molecule has 0 aliphatic carbocycles. The van der Waals surface area contributed by atoms with E-state index in [-0.39, 0.29) is 9.79 Å². The lowest BCUT2D eigenvalue weighted by atomic mass is 10.1. The van der Waals surface area contributed by atoms with Crippen LogP contribution in [0.4, 0.5) is 10.1 Å². The maximum atomic E-state index is 13.7. The van der Waals surface area contributed by atoms with Crippen molar-refractivity contribution in [2.75, 3.05) is 38.3 Å². The normalized spacial score (nSPS) is 15.0. The second-order valence-electron chi connectivity index (χ2n) is 6.41. The van der Waals surface area contributed by atoms with Crippen LogP contribution in [0.5, 0.6) is 5.75 Å². The third kappa shape index (κ3) is 3.29. The van der Waals surface area contributed by atoms with Gasteiger partial charge in [-0.25, -0.2) is 12.8 Å². The van der Waals surface area contributed by atoms with Gasteiger partial charge in [-0.3, -0.25) is 4.98 Å². The molecule has 1 fully saturated rings. The van der Waals surface area contributed by atoms with Crippen LogP contribution >= 0.6 is 0 Å². The van der Waals surface area contributed by atoms with Gasteiger partial charge in [-0.05, 0) is 30.3 Å². The lowest BCUT2D eigenvalue weighted by Crippen LogP contribution is -2.37. The third-order valence-corrected chi connectivity index (χ3v) is 6.49. The van der Waals surface area contributed by atoms with E-state index in [1.807, 2.05) is 4.90 Å². The fourth-order valence-electron chi connectivity index (χ4n) is 3.34. The summed E-state index contributed by atoms with van der Waals surface area (Å²) >= 11 is 0. The van der Waals surface area contributed by atoms with Crippen molar-refractivity contribution in [2.24, 2.45) is 0 Å². The van der Waals surface area contributed by atoms with Crippen LogP contribution in [0.2, 0.25) is 0 Å². The van der Waals surface area contributed by atoms with Gasteiger partial charge in [0.2, 0.25) is 9.84 Å². The molecule has 0 N–H and O–H groups in total. The minimum atomic E-state index is -3.87. The molecule has 0 unspecified atom stereocenters. The Balaban J connectivity index is 1.96. The first-order valence-corrected chi connectivity index (χ1v) is 10.3. The first-order chi connectivity index (χ1) is 13.5. The number of benzene rings is 2. The number of pyridine rings is 1. The number of methoxy groups -OCH3 is 1. The van der Waals surface area contributed by atoms with Crippen LogP contribution in [0.3, 0.4) is 0 Å². The van der Waals surface area contributed by atoms with Crippen LogP contribution in [0.15, 0.2) is 58.5 Å². The molecule has 3 aromatic rings. The number of fused-ring (bicyclic) bond motifs is 1. The number of morpholine rings is 1. The summed E-state index contributed by atoms with van der Waals surface area (Å²) in [4.78, 5) is 6.38. The average Bonchev–Trinajstić information content (AvgIpc) is 2.73. The molecule has 8 heteroatoms. The summed E-state index contributed by atoms with van der Waals surface area (Å²) in [5.41, 5.74) is 0.933. The zero-order chi connectivity index (χ0) is 19.7. The topological polar surface area (TPSA) is 68.7 Å². The van der Waals surface area contributed by atoms with Crippen LogP contribution in [0.25, 0.3) is 10.9 Å². The summed E-state index contributed by atoms with van der Waals surface area (Å²) in [6.07, 6.45) is 1.31. The predicted molar refractivity (Wildman–Crippen MR) is 103 cm³/mol. The minimum absolute atomic E-state index is 0.0850. The van der Waals surface area contributed by atoms with E-state index in [2.05, 4.69) is 4.98 Å². The molecule has 4 rings (SSSR count). The number of hydrogen-bond acceptors (Lipinski definition) is 6. The van der Waals surface area contributed by atoms with Gasteiger partial charge in [-0.2, -0.15) is 0 Å². The molecule has 0 radical (unpaired) electrons. The van der Waals surface area contributed by atoms with Crippen molar-refractivity contribution in [1.29, 1.82) is 0 Å². The molecule has 0 saturated carbocycles. The first-order valence-electron chi connectivity index (χ1n) is 8.81. The Morgan fingerprint density at radius 3 is 2.68 bits per heavy atom. The van der Waals surface area contributed by atoms with Crippen molar-refractivity contribution in [3.8, 4) is 5.75 Å². The Morgan fingerprint density at radius 2 is 1.93 bits per heavy atom. The third-order valence-electron chi connectivity index (χ3n) is 4.74. The average molecular weight is 402 g/mol. The van der Waals surface area contributed by atoms with E-state index >= 15 is 0 Å². The molecular formula is C20H19FN2O4S. The number of hydrogen-bond donors (Lipinski definition) is 0. The van der Waals surface area contributed by atoms with Gasteiger partial charge in [-0.1, -0.05) is 6.07 Å². The number of halogens is 1. The van der Waals surface area contributed by atoms with Gasteiger partial charge in [0, 0.05) is 30.7 Å². The molecule has 1 saturated heterocycles. The quantitative estimate of drug-likeness (QED) is 0.668. The van der Waals surface area contributed by atoms with Crippen LogP contribution < -0.4 is 9.64 Å². The van der Waals surface area contributed by atoms with Gasteiger partial charge in [0.1, 0.15) is 16.5 Å². The second kappa shape index (κ2) is 7.37. The zero-order valence-electron chi connectivity index (χ0n) is 15.3. The number of sulfone groups is 1. The SMILES string of the molecule is COc1cccc(S(=O)(=O)c2cnc3cc(F)ccc3c2N2CCOCC2)c1. The van der Waals surface area contributed by atoms with E-state index < -0.39 is 15.7 Å². The van der Waals surface area contributed by atoms with Crippen LogP contribution in [0, 0.1) is 5.82 Å². The van der Waals surface area contributed by atoms with Crippen molar-refractivity contribution in [3.63, 3.8) is 0 Å². The zero-order valence-corrected chi connectivity index (χ0v) is 16.1.